The lowest BCUT2D eigenvalue weighted by molar-refractivity contribution is -0.140. The number of hydrogen-bond donors (Lipinski definition) is 2. The van der Waals surface area contributed by atoms with Crippen LogP contribution in [-0.2, 0) is 11.0 Å². The molecule has 0 aliphatic rings. The molecule has 2 N–H and O–H groups in total. The van der Waals surface area contributed by atoms with E-state index in [1.807, 2.05) is 0 Å². The predicted molar refractivity (Wildman–Crippen MR) is 82.5 cm³/mol. The van der Waals surface area contributed by atoms with Gasteiger partial charge in [0.05, 0.1) is 5.56 Å². The Labute approximate surface area is 139 Å². The first-order chi connectivity index (χ1) is 11.7. The predicted octanol–water partition coefficient (Wildman–Crippen LogP) is 4.19. The molecule has 0 fully saturated rings. The van der Waals surface area contributed by atoms with Crippen LogP contribution in [-0.4, -0.2) is 17.0 Å². The number of carboxylic acid groups (broad SMARTS) is 1. The number of rotatable bonds is 4. The first kappa shape index (κ1) is 18.2. The maximum Gasteiger partial charge on any atom is 0.419 e. The molecule has 2 rings (SSSR count). The fraction of sp³-hybridized carbons (Fsp3) is 0.0588. The first-order valence-electron chi connectivity index (χ1n) is 6.86. The number of amides is 1. The van der Waals surface area contributed by atoms with Crippen LogP contribution in [0.5, 0.6) is 0 Å². The van der Waals surface area contributed by atoms with E-state index < -0.39 is 29.4 Å². The first-order valence-corrected chi connectivity index (χ1v) is 6.86. The van der Waals surface area contributed by atoms with Crippen molar-refractivity contribution in [1.82, 2.24) is 0 Å². The molecule has 0 radical (unpaired) electrons. The van der Waals surface area contributed by atoms with Crippen LogP contribution in [0.2, 0.25) is 0 Å². The van der Waals surface area contributed by atoms with Gasteiger partial charge in [-0.25, -0.2) is 9.18 Å². The van der Waals surface area contributed by atoms with Gasteiger partial charge in [-0.3, -0.25) is 4.79 Å². The zero-order chi connectivity index (χ0) is 18.6. The average Bonchev–Trinajstić information content (AvgIpc) is 2.54. The van der Waals surface area contributed by atoms with Crippen LogP contribution < -0.4 is 5.32 Å². The van der Waals surface area contributed by atoms with Crippen LogP contribution in [0.15, 0.2) is 48.5 Å². The van der Waals surface area contributed by atoms with Crippen LogP contribution >= 0.6 is 0 Å². The van der Waals surface area contributed by atoms with E-state index in [1.54, 1.807) is 6.07 Å². The number of hydrogen-bond acceptors (Lipinski definition) is 2. The normalized spacial score (nSPS) is 11.5. The third-order valence-electron chi connectivity index (χ3n) is 3.10. The number of benzene rings is 2. The van der Waals surface area contributed by atoms with Gasteiger partial charge in [-0.05, 0) is 42.0 Å². The number of anilines is 1. The minimum Gasteiger partial charge on any atom is -0.478 e. The molecule has 0 saturated heterocycles. The van der Waals surface area contributed by atoms with Gasteiger partial charge in [0.2, 0.25) is 0 Å². The molecule has 4 nitrogen and oxygen atoms in total. The van der Waals surface area contributed by atoms with Gasteiger partial charge in [-0.15, -0.1) is 0 Å². The van der Waals surface area contributed by atoms with Crippen LogP contribution in [0.4, 0.5) is 23.2 Å². The number of alkyl halides is 3. The Bertz CT molecular complexity index is 844. The zero-order valence-electron chi connectivity index (χ0n) is 12.5. The number of carbonyl (C=O) groups excluding carboxylic acids is 1. The van der Waals surface area contributed by atoms with Gasteiger partial charge in [0.25, 0.3) is 5.91 Å². The Morgan fingerprint density at radius 3 is 2.44 bits per heavy atom. The molecule has 130 valence electrons. The summed E-state index contributed by atoms with van der Waals surface area (Å²) in [6, 6.07) is 7.94. The molecule has 0 heterocycles. The molecule has 8 heteroatoms. The minimum absolute atomic E-state index is 0.102. The van der Waals surface area contributed by atoms with Crippen molar-refractivity contribution in [1.29, 1.82) is 0 Å². The Morgan fingerprint density at radius 2 is 1.80 bits per heavy atom. The highest BCUT2D eigenvalue weighted by Crippen LogP contribution is 2.33. The molecule has 0 spiro atoms. The smallest absolute Gasteiger partial charge is 0.419 e. The SMILES string of the molecule is O=C(O)/C=C/c1cccc(C(=O)Nc2ccc(F)c(C(F)(F)F)c2)c1. The highest BCUT2D eigenvalue weighted by Gasteiger charge is 2.34. The fourth-order valence-corrected chi connectivity index (χ4v) is 1.97. The van der Waals surface area contributed by atoms with Gasteiger partial charge in [0.15, 0.2) is 0 Å². The molecule has 2 aromatic rings. The Kier molecular flexibility index (Phi) is 5.21. The summed E-state index contributed by atoms with van der Waals surface area (Å²) in [7, 11) is 0. The van der Waals surface area contributed by atoms with E-state index in [2.05, 4.69) is 5.32 Å². The van der Waals surface area contributed by atoms with Crippen LogP contribution in [0.25, 0.3) is 6.08 Å². The van der Waals surface area contributed by atoms with Gasteiger partial charge in [-0.1, -0.05) is 12.1 Å². The molecule has 0 aromatic heterocycles. The van der Waals surface area contributed by atoms with Crippen LogP contribution in [0.1, 0.15) is 21.5 Å². The largest absolute Gasteiger partial charge is 0.478 e. The van der Waals surface area contributed by atoms with Crippen molar-refractivity contribution in [2.45, 2.75) is 6.18 Å². The maximum absolute atomic E-state index is 13.2. The van der Waals surface area contributed by atoms with Crippen molar-refractivity contribution in [3.8, 4) is 0 Å². The molecule has 0 aliphatic carbocycles. The molecule has 0 saturated carbocycles. The van der Waals surface area contributed by atoms with E-state index >= 15 is 0 Å². The summed E-state index contributed by atoms with van der Waals surface area (Å²) in [5.41, 5.74) is -1.18. The average molecular weight is 353 g/mol. The highest BCUT2D eigenvalue weighted by atomic mass is 19.4. The lowest BCUT2D eigenvalue weighted by Gasteiger charge is -2.11. The number of aliphatic carboxylic acids is 1. The lowest BCUT2D eigenvalue weighted by atomic mass is 10.1. The highest BCUT2D eigenvalue weighted by molar-refractivity contribution is 6.04. The van der Waals surface area contributed by atoms with Crippen molar-refractivity contribution < 1.29 is 32.3 Å². The second-order valence-electron chi connectivity index (χ2n) is 4.94. The molecule has 2 aromatic carbocycles. The van der Waals surface area contributed by atoms with Gasteiger partial charge in [0.1, 0.15) is 5.82 Å². The zero-order valence-corrected chi connectivity index (χ0v) is 12.5. The summed E-state index contributed by atoms with van der Waals surface area (Å²) in [5, 5.41) is 10.8. The lowest BCUT2D eigenvalue weighted by Crippen LogP contribution is -2.14. The third-order valence-corrected chi connectivity index (χ3v) is 3.10. The van der Waals surface area contributed by atoms with E-state index in [0.29, 0.717) is 17.7 Å². The standard InChI is InChI=1S/C17H11F4NO3/c18-14-6-5-12(9-13(14)17(19,20)21)22-16(25)11-3-1-2-10(8-11)4-7-15(23)24/h1-9H,(H,22,25)(H,23,24)/b7-4+. The number of carboxylic acids is 1. The summed E-state index contributed by atoms with van der Waals surface area (Å²) in [4.78, 5) is 22.6. The second kappa shape index (κ2) is 7.16. The summed E-state index contributed by atoms with van der Waals surface area (Å²) in [5.74, 6) is -3.32. The van der Waals surface area contributed by atoms with Gasteiger partial charge in [0, 0.05) is 17.3 Å². The molecule has 0 aliphatic heterocycles. The molecule has 25 heavy (non-hydrogen) atoms. The van der Waals surface area contributed by atoms with Crippen molar-refractivity contribution in [3.05, 3.63) is 71.0 Å². The van der Waals surface area contributed by atoms with Gasteiger partial charge >= 0.3 is 12.1 Å². The molecule has 0 atom stereocenters. The van der Waals surface area contributed by atoms with Crippen molar-refractivity contribution in [2.75, 3.05) is 5.32 Å². The second-order valence-corrected chi connectivity index (χ2v) is 4.94. The minimum atomic E-state index is -4.88. The van der Waals surface area contributed by atoms with E-state index in [0.717, 1.165) is 12.1 Å². The van der Waals surface area contributed by atoms with Gasteiger partial charge in [-0.2, -0.15) is 13.2 Å². The van der Waals surface area contributed by atoms with Crippen molar-refractivity contribution in [2.24, 2.45) is 0 Å². The third kappa shape index (κ3) is 4.90. The number of carbonyl (C=O) groups is 2. The summed E-state index contributed by atoms with van der Waals surface area (Å²) in [6.45, 7) is 0. The monoisotopic (exact) mass is 353 g/mol. The van der Waals surface area contributed by atoms with Crippen molar-refractivity contribution >= 4 is 23.6 Å². The van der Waals surface area contributed by atoms with E-state index in [9.17, 15) is 27.2 Å². The summed E-state index contributed by atoms with van der Waals surface area (Å²) < 4.78 is 51.3. The Hall–Kier alpha value is -3.16. The molecular formula is C17H11F4NO3. The van der Waals surface area contributed by atoms with Gasteiger partial charge < -0.3 is 10.4 Å². The van der Waals surface area contributed by atoms with Crippen LogP contribution in [0, 0.1) is 5.82 Å². The number of halogens is 4. The molecule has 0 unspecified atom stereocenters. The van der Waals surface area contributed by atoms with E-state index in [-0.39, 0.29) is 11.3 Å². The van der Waals surface area contributed by atoms with E-state index in [1.165, 1.54) is 24.3 Å². The molecule has 1 amide bonds. The summed E-state index contributed by atoms with van der Waals surface area (Å²) in [6.07, 6.45) is -2.74. The summed E-state index contributed by atoms with van der Waals surface area (Å²) >= 11 is 0. The topological polar surface area (TPSA) is 66.4 Å². The maximum atomic E-state index is 13.2. The quantitative estimate of drug-likeness (QED) is 0.640. The van der Waals surface area contributed by atoms with Crippen LogP contribution in [0.3, 0.4) is 0 Å². The molecule has 0 bridgehead atoms. The Morgan fingerprint density at radius 1 is 1.08 bits per heavy atom. The Balaban J connectivity index is 2.23. The number of nitrogens with one attached hydrogen (secondary N) is 1. The molecular weight excluding hydrogens is 342 g/mol. The fourth-order valence-electron chi connectivity index (χ4n) is 1.97. The van der Waals surface area contributed by atoms with Crippen molar-refractivity contribution in [3.63, 3.8) is 0 Å². The van der Waals surface area contributed by atoms with E-state index in [4.69, 9.17) is 5.11 Å².